The predicted molar refractivity (Wildman–Crippen MR) is 154 cm³/mol. The number of hydrogen-bond acceptors (Lipinski definition) is 0. The average Bonchev–Trinajstić information content (AvgIpc) is 3.26. The molecule has 0 bridgehead atoms. The third-order valence-corrected chi connectivity index (χ3v) is 9.12. The molecule has 0 spiro atoms. The summed E-state index contributed by atoms with van der Waals surface area (Å²) >= 11 is 0. The van der Waals surface area contributed by atoms with Gasteiger partial charge in [0.15, 0.2) is 0 Å². The molecule has 6 aromatic carbocycles. The monoisotopic (exact) mass is 460 g/mol. The van der Waals surface area contributed by atoms with Crippen LogP contribution in [0, 0.1) is 0 Å². The maximum atomic E-state index is 2.48. The van der Waals surface area contributed by atoms with Gasteiger partial charge in [0.25, 0.3) is 0 Å². The summed E-state index contributed by atoms with van der Waals surface area (Å²) in [6.07, 6.45) is 0. The van der Waals surface area contributed by atoms with Crippen LogP contribution in [0.25, 0.3) is 54.6 Å². The van der Waals surface area contributed by atoms with Crippen LogP contribution in [0.2, 0.25) is 0 Å². The van der Waals surface area contributed by atoms with E-state index < -0.39 is 0 Å². The molecular weight excluding hydrogens is 432 g/mol. The van der Waals surface area contributed by atoms with Crippen LogP contribution in [0.3, 0.4) is 0 Å². The van der Waals surface area contributed by atoms with E-state index in [9.17, 15) is 0 Å². The first kappa shape index (κ1) is 20.3. The van der Waals surface area contributed by atoms with Crippen molar-refractivity contribution in [3.63, 3.8) is 0 Å². The van der Waals surface area contributed by atoms with Crippen molar-refractivity contribution < 1.29 is 0 Å². The zero-order valence-corrected chi connectivity index (χ0v) is 21.2. The Morgan fingerprint density at radius 2 is 0.917 bits per heavy atom. The van der Waals surface area contributed by atoms with Crippen LogP contribution in [0.15, 0.2) is 97.1 Å². The molecule has 172 valence electrons. The van der Waals surface area contributed by atoms with E-state index in [1.807, 2.05) is 0 Å². The highest BCUT2D eigenvalue weighted by Gasteiger charge is 2.47. The fourth-order valence-electron chi connectivity index (χ4n) is 7.48. The topological polar surface area (TPSA) is 0 Å². The molecule has 0 radical (unpaired) electrons. The van der Waals surface area contributed by atoms with Gasteiger partial charge in [0, 0.05) is 10.8 Å². The number of hydrogen-bond donors (Lipinski definition) is 0. The zero-order valence-electron chi connectivity index (χ0n) is 21.2. The lowest BCUT2D eigenvalue weighted by Crippen LogP contribution is -2.24. The number of benzene rings is 6. The van der Waals surface area contributed by atoms with E-state index in [0.29, 0.717) is 0 Å². The van der Waals surface area contributed by atoms with E-state index in [0.717, 1.165) is 0 Å². The molecule has 8 rings (SSSR count). The van der Waals surface area contributed by atoms with Crippen molar-refractivity contribution in [2.24, 2.45) is 0 Å². The maximum Gasteiger partial charge on any atom is 0.0162 e. The molecule has 36 heavy (non-hydrogen) atoms. The van der Waals surface area contributed by atoms with Crippen molar-refractivity contribution in [1.29, 1.82) is 0 Å². The summed E-state index contributed by atoms with van der Waals surface area (Å²) in [4.78, 5) is 0. The molecule has 2 aliphatic carbocycles. The van der Waals surface area contributed by atoms with E-state index in [2.05, 4.69) is 125 Å². The molecule has 6 aromatic rings. The van der Waals surface area contributed by atoms with Gasteiger partial charge < -0.3 is 0 Å². The van der Waals surface area contributed by atoms with E-state index in [4.69, 9.17) is 0 Å². The van der Waals surface area contributed by atoms with Crippen LogP contribution in [-0.2, 0) is 10.8 Å². The molecule has 2 aliphatic rings. The molecule has 0 unspecified atom stereocenters. The van der Waals surface area contributed by atoms with Gasteiger partial charge in [-0.15, -0.1) is 0 Å². The quantitative estimate of drug-likeness (QED) is 0.198. The van der Waals surface area contributed by atoms with Crippen LogP contribution >= 0.6 is 0 Å². The van der Waals surface area contributed by atoms with Crippen molar-refractivity contribution in [3.8, 4) is 22.3 Å². The third kappa shape index (κ3) is 2.31. The fraction of sp³-hybridized carbons (Fsp3) is 0.167. The minimum Gasteiger partial charge on any atom is -0.0619 e. The lowest BCUT2D eigenvalue weighted by Gasteiger charge is -2.31. The van der Waals surface area contributed by atoms with Crippen molar-refractivity contribution in [1.82, 2.24) is 0 Å². The molecule has 0 saturated carbocycles. The van der Waals surface area contributed by atoms with Gasteiger partial charge >= 0.3 is 0 Å². The lowest BCUT2D eigenvalue weighted by molar-refractivity contribution is 0.602. The molecule has 0 atom stereocenters. The molecule has 0 saturated heterocycles. The van der Waals surface area contributed by atoms with Crippen LogP contribution < -0.4 is 0 Å². The predicted octanol–water partition coefficient (Wildman–Crippen LogP) is 9.76. The Balaban J connectivity index is 1.57. The highest BCUT2D eigenvalue weighted by Crippen LogP contribution is 2.62. The largest absolute Gasteiger partial charge is 0.0619 e. The lowest BCUT2D eigenvalue weighted by atomic mass is 9.71. The van der Waals surface area contributed by atoms with Gasteiger partial charge in [0.1, 0.15) is 0 Å². The van der Waals surface area contributed by atoms with Gasteiger partial charge in [-0.2, -0.15) is 0 Å². The first-order valence-electron chi connectivity index (χ1n) is 13.0. The van der Waals surface area contributed by atoms with Crippen LogP contribution in [0.1, 0.15) is 49.9 Å². The van der Waals surface area contributed by atoms with Gasteiger partial charge in [0.2, 0.25) is 0 Å². The maximum absolute atomic E-state index is 2.48. The first-order valence-corrected chi connectivity index (χ1v) is 13.0. The number of rotatable bonds is 0. The van der Waals surface area contributed by atoms with E-state index in [1.54, 1.807) is 0 Å². The molecule has 0 heteroatoms. The van der Waals surface area contributed by atoms with Gasteiger partial charge in [-0.3, -0.25) is 0 Å². The van der Waals surface area contributed by atoms with Gasteiger partial charge in [-0.25, -0.2) is 0 Å². The summed E-state index contributed by atoms with van der Waals surface area (Å²) in [6, 6.07) is 36.6. The molecule has 0 heterocycles. The Hall–Kier alpha value is -3.90. The Bertz CT molecular complexity index is 1930. The minimum atomic E-state index is -0.0854. The summed E-state index contributed by atoms with van der Waals surface area (Å²) in [5.41, 5.74) is 11.5. The minimum absolute atomic E-state index is 0.0482. The van der Waals surface area contributed by atoms with Gasteiger partial charge in [-0.05, 0) is 101 Å². The molecule has 0 fully saturated rings. The summed E-state index contributed by atoms with van der Waals surface area (Å²) in [6.45, 7) is 9.74. The van der Waals surface area contributed by atoms with Crippen molar-refractivity contribution >= 4 is 32.3 Å². The molecule has 0 amide bonds. The zero-order chi connectivity index (χ0) is 24.4. The number of fused-ring (bicyclic) bond motifs is 12. The van der Waals surface area contributed by atoms with E-state index in [-0.39, 0.29) is 10.8 Å². The summed E-state index contributed by atoms with van der Waals surface area (Å²) in [5, 5.41) is 8.02. The fourth-order valence-corrected chi connectivity index (χ4v) is 7.48. The van der Waals surface area contributed by atoms with Crippen molar-refractivity contribution in [3.05, 3.63) is 119 Å². The standard InChI is InChI=1S/C36H28/c1-35(2)29-16-10-9-15-27(29)31-25-13-7-8-14-26(25)32-28-19-23-17-21-11-5-6-12-22(21)18-24(23)20-30(28)36(3,4)34(32)33(31)35/h5-20H,1-4H3. The summed E-state index contributed by atoms with van der Waals surface area (Å²) in [7, 11) is 0. The molecule has 0 N–H and O–H groups in total. The average molecular weight is 461 g/mol. The SMILES string of the molecule is CC1(C)c2ccccc2-c2c1c1c(c3ccccc23)-c2cc3cc4ccccc4cc3cc2C1(C)C. The highest BCUT2D eigenvalue weighted by molar-refractivity contribution is 6.14. The highest BCUT2D eigenvalue weighted by atomic mass is 14.5. The Morgan fingerprint density at radius 1 is 0.417 bits per heavy atom. The summed E-state index contributed by atoms with van der Waals surface area (Å²) in [5.74, 6) is 0. The smallest absolute Gasteiger partial charge is 0.0162 e. The molecule has 0 aromatic heterocycles. The Kier molecular flexibility index (Phi) is 3.64. The van der Waals surface area contributed by atoms with Gasteiger partial charge in [-0.1, -0.05) is 100 Å². The van der Waals surface area contributed by atoms with Crippen LogP contribution in [0.5, 0.6) is 0 Å². The van der Waals surface area contributed by atoms with Crippen LogP contribution in [0.4, 0.5) is 0 Å². The normalized spacial score (nSPS) is 16.2. The first-order chi connectivity index (χ1) is 17.4. The van der Waals surface area contributed by atoms with E-state index >= 15 is 0 Å². The van der Waals surface area contributed by atoms with Crippen molar-refractivity contribution in [2.45, 2.75) is 38.5 Å². The summed E-state index contributed by atoms with van der Waals surface area (Å²) < 4.78 is 0. The van der Waals surface area contributed by atoms with Gasteiger partial charge in [0.05, 0.1) is 0 Å². The van der Waals surface area contributed by atoms with E-state index in [1.165, 1.54) is 76.8 Å². The molecular formula is C36H28. The molecule has 0 nitrogen and oxygen atoms in total. The Morgan fingerprint density at radius 3 is 1.58 bits per heavy atom. The van der Waals surface area contributed by atoms with Crippen molar-refractivity contribution in [2.75, 3.05) is 0 Å². The second kappa shape index (κ2) is 6.45. The van der Waals surface area contributed by atoms with Crippen LogP contribution in [-0.4, -0.2) is 0 Å². The third-order valence-electron chi connectivity index (χ3n) is 9.12. The Labute approximate surface area is 212 Å². The molecule has 0 aliphatic heterocycles. The second-order valence-electron chi connectivity index (χ2n) is 11.8. The second-order valence-corrected chi connectivity index (χ2v) is 11.8.